The maximum Gasteiger partial charge on any atom is 0.0708 e. The van der Waals surface area contributed by atoms with Crippen molar-refractivity contribution in [3.8, 4) is 29.3 Å². The molecule has 0 radical (unpaired) electrons. The van der Waals surface area contributed by atoms with E-state index >= 15 is 0 Å². The van der Waals surface area contributed by atoms with E-state index in [4.69, 9.17) is 0 Å². The van der Waals surface area contributed by atoms with E-state index in [0.717, 1.165) is 0 Å². The number of rotatable bonds is 25. The maximum absolute atomic E-state index is 3.80. The Bertz CT molecular complexity index is 1320. The van der Waals surface area contributed by atoms with Crippen molar-refractivity contribution in [2.75, 3.05) is 0 Å². The number of hydrogen-bond acceptors (Lipinski definition) is 4. The van der Waals surface area contributed by atoms with E-state index in [1.54, 1.807) is 5.56 Å². The van der Waals surface area contributed by atoms with E-state index < -0.39 is 0 Å². The third-order valence-electron chi connectivity index (χ3n) is 9.03. The van der Waals surface area contributed by atoms with Crippen molar-refractivity contribution in [3.63, 3.8) is 0 Å². The fraction of sp³-hybridized carbons (Fsp3) is 0.600. The average molecular weight is 746 g/mol. The average Bonchev–Trinajstić information content (AvgIpc) is 3.86. The lowest BCUT2D eigenvalue weighted by Crippen LogP contribution is -1.86. The van der Waals surface area contributed by atoms with Crippen LogP contribution in [0.25, 0.3) is 29.3 Å². The molecule has 0 spiro atoms. The Morgan fingerprint density at radius 1 is 0.444 bits per heavy atom. The van der Waals surface area contributed by atoms with Gasteiger partial charge < -0.3 is 0 Å². The summed E-state index contributed by atoms with van der Waals surface area (Å²) in [6.07, 6.45) is 30.4. The third kappa shape index (κ3) is 13.0. The Labute approximate surface area is 300 Å². The molecular formula is C40H57BrS4. The Balaban J connectivity index is 1.22. The molecule has 4 heterocycles. The highest BCUT2D eigenvalue weighted by molar-refractivity contribution is 9.11. The van der Waals surface area contributed by atoms with Crippen LogP contribution in [0, 0.1) is 0 Å². The van der Waals surface area contributed by atoms with Gasteiger partial charge in [0.05, 0.1) is 3.79 Å². The molecule has 0 nitrogen and oxygen atoms in total. The van der Waals surface area contributed by atoms with E-state index in [9.17, 15) is 0 Å². The lowest BCUT2D eigenvalue weighted by Gasteiger charge is -2.04. The standard InChI is InChI=1S/C40H57BrS4/c1-3-5-7-9-11-13-15-17-19-21-23-32-29-30-42-39(32)36-27-25-34(43-36)35-26-28-37(44-35)40-33(31-38(41)45-40)24-22-20-18-16-14-12-10-8-6-4-2/h25-31H,3-24H2,1-2H3. The second kappa shape index (κ2) is 22.0. The van der Waals surface area contributed by atoms with Crippen molar-refractivity contribution in [2.45, 2.75) is 155 Å². The van der Waals surface area contributed by atoms with Crippen molar-refractivity contribution in [1.82, 2.24) is 0 Å². The van der Waals surface area contributed by atoms with Crippen LogP contribution in [-0.4, -0.2) is 0 Å². The van der Waals surface area contributed by atoms with Gasteiger partial charge in [-0.1, -0.05) is 129 Å². The quantitative estimate of drug-likeness (QED) is 0.0593. The summed E-state index contributed by atoms with van der Waals surface area (Å²) in [7, 11) is 0. The minimum atomic E-state index is 1.20. The van der Waals surface area contributed by atoms with Crippen LogP contribution in [0.15, 0.2) is 45.6 Å². The predicted octanol–water partition coefficient (Wildman–Crippen LogP) is 16.6. The zero-order valence-electron chi connectivity index (χ0n) is 28.1. The first-order chi connectivity index (χ1) is 22.2. The van der Waals surface area contributed by atoms with E-state index in [1.807, 2.05) is 45.3 Å². The number of hydrogen-bond donors (Lipinski definition) is 0. The Morgan fingerprint density at radius 3 is 1.38 bits per heavy atom. The molecule has 0 saturated carbocycles. The fourth-order valence-electron chi connectivity index (χ4n) is 6.33. The van der Waals surface area contributed by atoms with Crippen LogP contribution in [0.2, 0.25) is 0 Å². The van der Waals surface area contributed by atoms with Gasteiger partial charge in [-0.2, -0.15) is 0 Å². The molecule has 0 fully saturated rings. The van der Waals surface area contributed by atoms with Gasteiger partial charge in [-0.3, -0.25) is 0 Å². The molecule has 0 aliphatic heterocycles. The molecule has 0 N–H and O–H groups in total. The van der Waals surface area contributed by atoms with Crippen molar-refractivity contribution in [3.05, 3.63) is 56.7 Å². The first kappa shape index (κ1) is 37.1. The molecule has 0 saturated heterocycles. The van der Waals surface area contributed by atoms with Crippen molar-refractivity contribution < 1.29 is 0 Å². The number of unbranched alkanes of at least 4 members (excludes halogenated alkanes) is 18. The van der Waals surface area contributed by atoms with Gasteiger partial charge in [0.1, 0.15) is 0 Å². The summed E-state index contributed by atoms with van der Waals surface area (Å²) in [4.78, 5) is 8.66. The summed E-state index contributed by atoms with van der Waals surface area (Å²) in [6.45, 7) is 4.60. The topological polar surface area (TPSA) is 0 Å². The minimum Gasteiger partial charge on any atom is -0.143 e. The van der Waals surface area contributed by atoms with Gasteiger partial charge in [0.25, 0.3) is 0 Å². The van der Waals surface area contributed by atoms with Crippen molar-refractivity contribution >= 4 is 61.3 Å². The van der Waals surface area contributed by atoms with E-state index in [2.05, 4.69) is 71.6 Å². The number of aryl methyl sites for hydroxylation is 2. The summed E-state index contributed by atoms with van der Waals surface area (Å²) < 4.78 is 1.26. The summed E-state index contributed by atoms with van der Waals surface area (Å²) in [5.74, 6) is 0. The second-order valence-corrected chi connectivity index (χ2v) is 18.4. The van der Waals surface area contributed by atoms with Gasteiger partial charge >= 0.3 is 0 Å². The summed E-state index contributed by atoms with van der Waals surface area (Å²) in [6, 6.07) is 14.2. The molecule has 248 valence electrons. The van der Waals surface area contributed by atoms with Gasteiger partial charge in [-0.15, -0.1) is 45.3 Å². The van der Waals surface area contributed by atoms with Gasteiger partial charge in [0.15, 0.2) is 0 Å². The molecule has 0 aliphatic rings. The number of halogens is 1. The molecule has 0 aromatic carbocycles. The molecule has 0 bridgehead atoms. The lowest BCUT2D eigenvalue weighted by molar-refractivity contribution is 0.556. The van der Waals surface area contributed by atoms with Crippen molar-refractivity contribution in [1.29, 1.82) is 0 Å². The van der Waals surface area contributed by atoms with Crippen LogP contribution in [0.4, 0.5) is 0 Å². The van der Waals surface area contributed by atoms with Gasteiger partial charge in [0.2, 0.25) is 0 Å². The SMILES string of the molecule is CCCCCCCCCCCCc1ccsc1-c1ccc(-c2ccc(-c3sc(Br)cc3CCCCCCCCCCCC)s2)s1. The maximum atomic E-state index is 3.80. The van der Waals surface area contributed by atoms with Crippen LogP contribution < -0.4 is 0 Å². The molecule has 4 aromatic heterocycles. The van der Waals surface area contributed by atoms with Gasteiger partial charge in [-0.05, 0) is 94.5 Å². The van der Waals surface area contributed by atoms with E-state index in [1.165, 1.54) is 180 Å². The summed E-state index contributed by atoms with van der Waals surface area (Å²) in [5.41, 5.74) is 3.08. The molecule has 4 rings (SSSR count). The molecule has 45 heavy (non-hydrogen) atoms. The van der Waals surface area contributed by atoms with E-state index in [0.29, 0.717) is 0 Å². The smallest absolute Gasteiger partial charge is 0.0708 e. The zero-order valence-corrected chi connectivity index (χ0v) is 33.0. The monoisotopic (exact) mass is 744 g/mol. The Kier molecular flexibility index (Phi) is 18.2. The third-order valence-corrected chi connectivity index (χ3v) is 14.4. The molecule has 0 amide bonds. The molecular weight excluding hydrogens is 689 g/mol. The highest BCUT2D eigenvalue weighted by atomic mass is 79.9. The van der Waals surface area contributed by atoms with Crippen LogP contribution >= 0.6 is 61.3 Å². The Morgan fingerprint density at radius 2 is 0.867 bits per heavy atom. The van der Waals surface area contributed by atoms with Crippen LogP contribution in [0.5, 0.6) is 0 Å². The summed E-state index contributed by atoms with van der Waals surface area (Å²) >= 11 is 11.6. The first-order valence-corrected chi connectivity index (χ1v) is 22.4. The predicted molar refractivity (Wildman–Crippen MR) is 213 cm³/mol. The van der Waals surface area contributed by atoms with Crippen LogP contribution in [-0.2, 0) is 12.8 Å². The highest BCUT2D eigenvalue weighted by Gasteiger charge is 2.15. The largest absolute Gasteiger partial charge is 0.143 e. The molecule has 5 heteroatoms. The zero-order chi connectivity index (χ0) is 31.5. The fourth-order valence-corrected chi connectivity index (χ4v) is 11.4. The van der Waals surface area contributed by atoms with Crippen LogP contribution in [0.3, 0.4) is 0 Å². The molecule has 0 unspecified atom stereocenters. The van der Waals surface area contributed by atoms with Crippen LogP contribution in [0.1, 0.15) is 153 Å². The van der Waals surface area contributed by atoms with Gasteiger partial charge in [0, 0.05) is 29.3 Å². The van der Waals surface area contributed by atoms with Gasteiger partial charge in [-0.25, -0.2) is 0 Å². The van der Waals surface area contributed by atoms with Crippen molar-refractivity contribution in [2.24, 2.45) is 0 Å². The normalized spacial score (nSPS) is 11.6. The highest BCUT2D eigenvalue weighted by Crippen LogP contribution is 2.45. The second-order valence-electron chi connectivity index (χ2n) is 12.9. The minimum absolute atomic E-state index is 1.20. The first-order valence-electron chi connectivity index (χ1n) is 18.2. The van der Waals surface area contributed by atoms with E-state index in [-0.39, 0.29) is 0 Å². The summed E-state index contributed by atoms with van der Waals surface area (Å²) in [5, 5.41) is 2.30. The Hall–Kier alpha value is -0.720. The molecule has 0 atom stereocenters. The lowest BCUT2D eigenvalue weighted by atomic mass is 10.0. The molecule has 4 aromatic rings. The molecule has 0 aliphatic carbocycles. The number of thiophene rings is 4.